The average Bonchev–Trinajstić information content (AvgIpc) is 3.24. The fraction of sp³-hybridized carbons (Fsp3) is 0.0455. The Kier molecular flexibility index (Phi) is 3.82. The van der Waals surface area contributed by atoms with Gasteiger partial charge in [0.25, 0.3) is 0 Å². The molecule has 3 heteroatoms. The summed E-state index contributed by atoms with van der Waals surface area (Å²) in [4.78, 5) is 13.3. The Morgan fingerprint density at radius 3 is 1.96 bits per heavy atom. The Labute approximate surface area is 145 Å². The second kappa shape index (κ2) is 6.29. The van der Waals surface area contributed by atoms with Gasteiger partial charge in [0.05, 0.1) is 0 Å². The number of nitrogens with one attached hydrogen (secondary N) is 1. The first kappa shape index (κ1) is 15.2. The molecule has 0 atom stereocenters. The summed E-state index contributed by atoms with van der Waals surface area (Å²) in [5.74, 6) is -0.925. The van der Waals surface area contributed by atoms with Gasteiger partial charge in [-0.05, 0) is 40.8 Å². The van der Waals surface area contributed by atoms with E-state index in [1.807, 2.05) is 24.3 Å². The Balaban J connectivity index is 0.000000126. The van der Waals surface area contributed by atoms with Crippen LogP contribution in [0.25, 0.3) is 22.0 Å². The summed E-state index contributed by atoms with van der Waals surface area (Å²) < 4.78 is 0. The van der Waals surface area contributed by atoms with E-state index in [9.17, 15) is 4.79 Å². The third-order valence-electron chi connectivity index (χ3n) is 4.47. The number of rotatable bonds is 1. The van der Waals surface area contributed by atoms with Gasteiger partial charge in [0.2, 0.25) is 0 Å². The summed E-state index contributed by atoms with van der Waals surface area (Å²) in [6.45, 7) is 0. The molecule has 0 bridgehead atoms. The van der Waals surface area contributed by atoms with Crippen LogP contribution in [0.4, 0.5) is 0 Å². The molecule has 0 saturated heterocycles. The molecule has 0 aliphatic heterocycles. The van der Waals surface area contributed by atoms with Crippen molar-refractivity contribution in [2.24, 2.45) is 0 Å². The minimum absolute atomic E-state index is 0.233. The molecular weight excluding hydrogens is 310 g/mol. The lowest BCUT2D eigenvalue weighted by Gasteiger charge is -1.98. The van der Waals surface area contributed by atoms with E-state index < -0.39 is 5.97 Å². The van der Waals surface area contributed by atoms with Crippen molar-refractivity contribution in [3.05, 3.63) is 95.7 Å². The SMILES string of the molecule is O=C(O)c1cc2ccccc2[nH]1.c1ccc2c(c1)Cc1ccccc1-2. The number of hydrogen-bond acceptors (Lipinski definition) is 1. The molecule has 0 radical (unpaired) electrons. The van der Waals surface area contributed by atoms with Crippen molar-refractivity contribution in [2.45, 2.75) is 6.42 Å². The van der Waals surface area contributed by atoms with Crippen LogP contribution in [0, 0.1) is 0 Å². The smallest absolute Gasteiger partial charge is 0.352 e. The maximum atomic E-state index is 10.5. The third-order valence-corrected chi connectivity index (χ3v) is 4.47. The first-order valence-electron chi connectivity index (χ1n) is 8.19. The number of aromatic nitrogens is 1. The molecular formula is C22H17NO2. The van der Waals surface area contributed by atoms with Crippen molar-refractivity contribution in [1.29, 1.82) is 0 Å². The Hall–Kier alpha value is -3.33. The first-order valence-corrected chi connectivity index (χ1v) is 8.19. The molecule has 2 N–H and O–H groups in total. The lowest BCUT2D eigenvalue weighted by atomic mass is 10.1. The summed E-state index contributed by atoms with van der Waals surface area (Å²) >= 11 is 0. The predicted octanol–water partition coefficient (Wildman–Crippen LogP) is 5.12. The Morgan fingerprint density at radius 2 is 1.36 bits per heavy atom. The zero-order valence-electron chi connectivity index (χ0n) is 13.6. The molecule has 0 unspecified atom stereocenters. The van der Waals surface area contributed by atoms with E-state index in [4.69, 9.17) is 5.11 Å². The molecule has 3 aromatic carbocycles. The Bertz CT molecular complexity index is 986. The van der Waals surface area contributed by atoms with Gasteiger partial charge in [-0.2, -0.15) is 0 Å². The normalized spacial score (nSPS) is 11.4. The lowest BCUT2D eigenvalue weighted by molar-refractivity contribution is 0.0691. The maximum absolute atomic E-state index is 10.5. The van der Waals surface area contributed by atoms with Gasteiger partial charge in [0.15, 0.2) is 0 Å². The van der Waals surface area contributed by atoms with Crippen LogP contribution in [0.2, 0.25) is 0 Å². The molecule has 1 aliphatic carbocycles. The second-order valence-corrected chi connectivity index (χ2v) is 6.07. The van der Waals surface area contributed by atoms with E-state index in [2.05, 4.69) is 53.5 Å². The monoisotopic (exact) mass is 327 g/mol. The number of hydrogen-bond donors (Lipinski definition) is 2. The van der Waals surface area contributed by atoms with Gasteiger partial charge >= 0.3 is 5.97 Å². The zero-order chi connectivity index (χ0) is 17.2. The van der Waals surface area contributed by atoms with Crippen LogP contribution in [0.1, 0.15) is 21.6 Å². The highest BCUT2D eigenvalue weighted by Crippen LogP contribution is 2.35. The van der Waals surface area contributed by atoms with Gasteiger partial charge in [0.1, 0.15) is 5.69 Å². The molecule has 1 aliphatic rings. The third kappa shape index (κ3) is 2.92. The number of fused-ring (bicyclic) bond motifs is 4. The van der Waals surface area contributed by atoms with E-state index in [0.29, 0.717) is 0 Å². The average molecular weight is 327 g/mol. The first-order chi connectivity index (χ1) is 12.2. The fourth-order valence-electron chi connectivity index (χ4n) is 3.27. The van der Waals surface area contributed by atoms with Crippen molar-refractivity contribution < 1.29 is 9.90 Å². The van der Waals surface area contributed by atoms with E-state index in [1.165, 1.54) is 22.3 Å². The minimum atomic E-state index is -0.925. The minimum Gasteiger partial charge on any atom is -0.477 e. The number of aromatic carboxylic acids is 1. The zero-order valence-corrected chi connectivity index (χ0v) is 13.6. The van der Waals surface area contributed by atoms with Gasteiger partial charge in [-0.3, -0.25) is 0 Å². The van der Waals surface area contributed by atoms with E-state index in [0.717, 1.165) is 17.3 Å². The van der Waals surface area contributed by atoms with Gasteiger partial charge in [-0.25, -0.2) is 4.79 Å². The molecule has 25 heavy (non-hydrogen) atoms. The van der Waals surface area contributed by atoms with E-state index in [-0.39, 0.29) is 5.69 Å². The molecule has 1 aromatic heterocycles. The maximum Gasteiger partial charge on any atom is 0.352 e. The largest absolute Gasteiger partial charge is 0.477 e. The van der Waals surface area contributed by atoms with Crippen LogP contribution >= 0.6 is 0 Å². The molecule has 3 nitrogen and oxygen atoms in total. The van der Waals surface area contributed by atoms with Gasteiger partial charge < -0.3 is 10.1 Å². The predicted molar refractivity (Wildman–Crippen MR) is 99.9 cm³/mol. The fourth-order valence-corrected chi connectivity index (χ4v) is 3.27. The Morgan fingerprint density at radius 1 is 0.800 bits per heavy atom. The standard InChI is InChI=1S/C13H10.C9H7NO2/c1-3-7-12-10(5-1)9-11-6-2-4-8-13(11)12;11-9(12)8-5-6-3-1-2-4-7(6)10-8/h1-8H,9H2;1-5,10H,(H,11,12). The van der Waals surface area contributed by atoms with Crippen molar-refractivity contribution in [3.8, 4) is 11.1 Å². The second-order valence-electron chi connectivity index (χ2n) is 6.07. The summed E-state index contributed by atoms with van der Waals surface area (Å²) in [6, 6.07) is 26.4. The molecule has 0 saturated carbocycles. The number of aromatic amines is 1. The van der Waals surface area contributed by atoms with Crippen LogP contribution in [0.15, 0.2) is 78.9 Å². The van der Waals surface area contributed by atoms with Gasteiger partial charge in [-0.15, -0.1) is 0 Å². The molecule has 4 aromatic rings. The molecule has 122 valence electrons. The highest BCUT2D eigenvalue weighted by atomic mass is 16.4. The van der Waals surface area contributed by atoms with E-state index >= 15 is 0 Å². The number of carboxylic acids is 1. The lowest BCUT2D eigenvalue weighted by Crippen LogP contribution is -1.94. The van der Waals surface area contributed by atoms with Crippen LogP contribution in [0.5, 0.6) is 0 Å². The van der Waals surface area contributed by atoms with Crippen molar-refractivity contribution in [3.63, 3.8) is 0 Å². The van der Waals surface area contributed by atoms with E-state index in [1.54, 1.807) is 6.07 Å². The van der Waals surface area contributed by atoms with Crippen LogP contribution in [-0.4, -0.2) is 16.1 Å². The number of carboxylic acid groups (broad SMARTS) is 1. The number of H-pyrrole nitrogens is 1. The molecule has 0 spiro atoms. The summed E-state index contributed by atoms with van der Waals surface area (Å²) in [5.41, 5.74) is 6.84. The van der Waals surface area contributed by atoms with Crippen molar-refractivity contribution in [1.82, 2.24) is 4.98 Å². The quantitative estimate of drug-likeness (QED) is 0.449. The van der Waals surface area contributed by atoms with Crippen molar-refractivity contribution >= 4 is 16.9 Å². The van der Waals surface area contributed by atoms with Gasteiger partial charge in [0, 0.05) is 10.9 Å². The van der Waals surface area contributed by atoms with Crippen LogP contribution in [-0.2, 0) is 6.42 Å². The molecule has 0 amide bonds. The molecule has 1 heterocycles. The van der Waals surface area contributed by atoms with Crippen molar-refractivity contribution in [2.75, 3.05) is 0 Å². The molecule has 5 rings (SSSR count). The number of carbonyl (C=O) groups is 1. The highest BCUT2D eigenvalue weighted by molar-refractivity contribution is 5.93. The van der Waals surface area contributed by atoms with Crippen LogP contribution < -0.4 is 0 Å². The number of benzene rings is 3. The topological polar surface area (TPSA) is 53.1 Å². The van der Waals surface area contributed by atoms with Gasteiger partial charge in [-0.1, -0.05) is 66.7 Å². The molecule has 0 fully saturated rings. The highest BCUT2D eigenvalue weighted by Gasteiger charge is 2.15. The van der Waals surface area contributed by atoms with Crippen LogP contribution in [0.3, 0.4) is 0 Å². The number of para-hydroxylation sites is 1. The summed E-state index contributed by atoms with van der Waals surface area (Å²) in [5, 5.41) is 9.58. The summed E-state index contributed by atoms with van der Waals surface area (Å²) in [6.07, 6.45) is 1.10. The summed E-state index contributed by atoms with van der Waals surface area (Å²) in [7, 11) is 0.